The number of ether oxygens (including phenoxy) is 2. The largest absolute Gasteiger partial charge is 0.454 e. The van der Waals surface area contributed by atoms with Gasteiger partial charge in [0.15, 0.2) is 17.3 Å². The van der Waals surface area contributed by atoms with Crippen molar-refractivity contribution < 1.29 is 19.1 Å². The molecule has 2 aliphatic rings. The molecule has 0 saturated carbocycles. The van der Waals surface area contributed by atoms with Crippen molar-refractivity contribution in [1.29, 1.82) is 0 Å². The molecule has 1 aliphatic heterocycles. The minimum Gasteiger partial charge on any atom is -0.454 e. The molecule has 1 aromatic carbocycles. The summed E-state index contributed by atoms with van der Waals surface area (Å²) in [5.41, 5.74) is 1.66. The third kappa shape index (κ3) is 2.58. The predicted molar refractivity (Wildman–Crippen MR) is 84.4 cm³/mol. The first-order valence-corrected chi connectivity index (χ1v) is 7.70. The van der Waals surface area contributed by atoms with E-state index in [9.17, 15) is 9.59 Å². The van der Waals surface area contributed by atoms with Crippen LogP contribution >= 0.6 is 0 Å². The van der Waals surface area contributed by atoms with Crippen molar-refractivity contribution in [3.8, 4) is 11.5 Å². The summed E-state index contributed by atoms with van der Waals surface area (Å²) in [6, 6.07) is 4.94. The van der Waals surface area contributed by atoms with Crippen molar-refractivity contribution in [2.45, 2.75) is 19.8 Å². The van der Waals surface area contributed by atoms with Gasteiger partial charge in [-0.05, 0) is 30.5 Å². The van der Waals surface area contributed by atoms with Crippen LogP contribution in [0.4, 0.5) is 5.95 Å². The maximum Gasteiger partial charge on any atom is 0.258 e. The van der Waals surface area contributed by atoms with Gasteiger partial charge in [-0.2, -0.15) is 0 Å². The number of fused-ring (bicyclic) bond motifs is 2. The number of carbonyl (C=O) groups excluding carboxylic acids is 2. The van der Waals surface area contributed by atoms with Crippen LogP contribution in [0.1, 0.15) is 39.8 Å². The van der Waals surface area contributed by atoms with Crippen molar-refractivity contribution in [3.63, 3.8) is 0 Å². The molecule has 1 unspecified atom stereocenters. The Labute approximate surface area is 138 Å². The quantitative estimate of drug-likeness (QED) is 0.910. The monoisotopic (exact) mass is 325 g/mol. The van der Waals surface area contributed by atoms with Crippen LogP contribution in [0.15, 0.2) is 24.4 Å². The molecule has 1 amide bonds. The third-order valence-electron chi connectivity index (χ3n) is 4.10. The third-order valence-corrected chi connectivity index (χ3v) is 4.10. The zero-order chi connectivity index (χ0) is 16.7. The average molecular weight is 325 g/mol. The van der Waals surface area contributed by atoms with Gasteiger partial charge in [-0.15, -0.1) is 0 Å². The van der Waals surface area contributed by atoms with Crippen LogP contribution in [0.25, 0.3) is 0 Å². The number of nitrogens with one attached hydrogen (secondary N) is 1. The fourth-order valence-corrected chi connectivity index (χ4v) is 2.91. The van der Waals surface area contributed by atoms with Gasteiger partial charge in [0.05, 0.1) is 11.3 Å². The van der Waals surface area contributed by atoms with Crippen molar-refractivity contribution in [3.05, 3.63) is 41.2 Å². The summed E-state index contributed by atoms with van der Waals surface area (Å²) < 4.78 is 10.5. The zero-order valence-electron chi connectivity index (χ0n) is 13.0. The van der Waals surface area contributed by atoms with Crippen LogP contribution in [0, 0.1) is 5.92 Å². The zero-order valence-corrected chi connectivity index (χ0v) is 13.0. The molecular weight excluding hydrogens is 310 g/mol. The number of hydrogen-bond acceptors (Lipinski definition) is 6. The van der Waals surface area contributed by atoms with E-state index < -0.39 is 0 Å². The summed E-state index contributed by atoms with van der Waals surface area (Å²) in [4.78, 5) is 32.7. The van der Waals surface area contributed by atoms with Gasteiger partial charge >= 0.3 is 0 Å². The molecule has 0 radical (unpaired) electrons. The molecule has 7 heteroatoms. The van der Waals surface area contributed by atoms with Crippen LogP contribution < -0.4 is 14.8 Å². The first-order chi connectivity index (χ1) is 11.6. The van der Waals surface area contributed by atoms with E-state index in [0.29, 0.717) is 41.2 Å². The van der Waals surface area contributed by atoms with Gasteiger partial charge < -0.3 is 9.47 Å². The molecule has 1 aromatic heterocycles. The van der Waals surface area contributed by atoms with Crippen molar-refractivity contribution >= 4 is 17.6 Å². The van der Waals surface area contributed by atoms with Crippen LogP contribution in [0.5, 0.6) is 11.5 Å². The SMILES string of the molecule is CC1CC(=O)c2cnc(NC(=O)c3ccc4c(c3)OCO4)nc2C1. The molecular formula is C17H15N3O4. The topological polar surface area (TPSA) is 90.4 Å². The van der Waals surface area contributed by atoms with E-state index in [1.165, 1.54) is 6.20 Å². The highest BCUT2D eigenvalue weighted by atomic mass is 16.7. The number of ketones is 1. The number of nitrogens with zero attached hydrogens (tertiary/aromatic N) is 2. The van der Waals surface area contributed by atoms with Crippen molar-refractivity contribution in [1.82, 2.24) is 9.97 Å². The molecule has 2 heterocycles. The van der Waals surface area contributed by atoms with Gasteiger partial charge in [0.1, 0.15) is 0 Å². The second-order valence-corrected chi connectivity index (χ2v) is 6.01. The van der Waals surface area contributed by atoms with E-state index in [-0.39, 0.29) is 30.3 Å². The highest BCUT2D eigenvalue weighted by Crippen LogP contribution is 2.32. The number of benzene rings is 1. The van der Waals surface area contributed by atoms with Gasteiger partial charge in [0, 0.05) is 18.2 Å². The Kier molecular flexibility index (Phi) is 3.41. The molecule has 0 spiro atoms. The maximum absolute atomic E-state index is 12.4. The molecule has 7 nitrogen and oxygen atoms in total. The summed E-state index contributed by atoms with van der Waals surface area (Å²) in [6.07, 6.45) is 2.71. The number of carbonyl (C=O) groups is 2. The van der Waals surface area contributed by atoms with E-state index in [1.807, 2.05) is 6.92 Å². The Morgan fingerprint density at radius 1 is 1.25 bits per heavy atom. The minimum atomic E-state index is -0.344. The summed E-state index contributed by atoms with van der Waals surface area (Å²) >= 11 is 0. The van der Waals surface area contributed by atoms with Gasteiger partial charge in [-0.25, -0.2) is 9.97 Å². The Morgan fingerprint density at radius 2 is 2.08 bits per heavy atom. The number of amides is 1. The molecule has 24 heavy (non-hydrogen) atoms. The number of Topliss-reactive ketones (excluding diaryl/α,β-unsaturated/α-hetero) is 1. The Bertz CT molecular complexity index is 850. The predicted octanol–water partition coefficient (Wildman–Crippen LogP) is 2.22. The molecule has 0 saturated heterocycles. The fraction of sp³-hybridized carbons (Fsp3) is 0.294. The lowest BCUT2D eigenvalue weighted by atomic mass is 9.88. The van der Waals surface area contributed by atoms with E-state index >= 15 is 0 Å². The van der Waals surface area contributed by atoms with Crippen LogP contribution in [0.3, 0.4) is 0 Å². The Hall–Kier alpha value is -2.96. The normalized spacial score (nSPS) is 18.2. The molecule has 0 fully saturated rings. The second-order valence-electron chi connectivity index (χ2n) is 6.01. The summed E-state index contributed by atoms with van der Waals surface area (Å²) in [7, 11) is 0. The molecule has 1 aliphatic carbocycles. The smallest absolute Gasteiger partial charge is 0.258 e. The van der Waals surface area contributed by atoms with Crippen LogP contribution in [-0.4, -0.2) is 28.5 Å². The van der Waals surface area contributed by atoms with Crippen molar-refractivity contribution in [2.75, 3.05) is 12.1 Å². The maximum atomic E-state index is 12.4. The number of aromatic nitrogens is 2. The van der Waals surface area contributed by atoms with E-state index in [4.69, 9.17) is 9.47 Å². The summed E-state index contributed by atoms with van der Waals surface area (Å²) in [5.74, 6) is 1.30. The molecule has 1 N–H and O–H groups in total. The molecule has 122 valence electrons. The summed E-state index contributed by atoms with van der Waals surface area (Å²) in [6.45, 7) is 2.16. The molecule has 0 bridgehead atoms. The standard InChI is InChI=1S/C17H15N3O4/c1-9-4-12-11(13(21)5-9)7-18-17(19-12)20-16(22)10-2-3-14-15(6-10)24-8-23-14/h2-3,6-7,9H,4-5,8H2,1H3,(H,18,19,20,22). The van der Waals surface area contributed by atoms with E-state index in [1.54, 1.807) is 18.2 Å². The first kappa shape index (κ1) is 14.6. The van der Waals surface area contributed by atoms with Gasteiger partial charge in [-0.1, -0.05) is 6.92 Å². The minimum absolute atomic E-state index is 0.0531. The van der Waals surface area contributed by atoms with Gasteiger partial charge in [-0.3, -0.25) is 14.9 Å². The van der Waals surface area contributed by atoms with Crippen LogP contribution in [-0.2, 0) is 6.42 Å². The van der Waals surface area contributed by atoms with Crippen LogP contribution in [0.2, 0.25) is 0 Å². The molecule has 2 aromatic rings. The Balaban J connectivity index is 1.56. The molecule has 1 atom stereocenters. The highest BCUT2D eigenvalue weighted by Gasteiger charge is 2.24. The van der Waals surface area contributed by atoms with Gasteiger partial charge in [0.2, 0.25) is 12.7 Å². The lowest BCUT2D eigenvalue weighted by Crippen LogP contribution is -2.22. The van der Waals surface area contributed by atoms with E-state index in [0.717, 1.165) is 0 Å². The van der Waals surface area contributed by atoms with Crippen molar-refractivity contribution in [2.24, 2.45) is 5.92 Å². The first-order valence-electron chi connectivity index (χ1n) is 7.70. The van der Waals surface area contributed by atoms with E-state index in [2.05, 4.69) is 15.3 Å². The Morgan fingerprint density at radius 3 is 2.96 bits per heavy atom. The lowest BCUT2D eigenvalue weighted by Gasteiger charge is -2.19. The number of hydrogen-bond donors (Lipinski definition) is 1. The number of rotatable bonds is 2. The molecule has 4 rings (SSSR count). The fourth-order valence-electron chi connectivity index (χ4n) is 2.91. The number of anilines is 1. The summed E-state index contributed by atoms with van der Waals surface area (Å²) in [5, 5.41) is 2.66. The lowest BCUT2D eigenvalue weighted by molar-refractivity contribution is 0.0951. The van der Waals surface area contributed by atoms with Gasteiger partial charge in [0.25, 0.3) is 5.91 Å². The second kappa shape index (κ2) is 5.59. The highest BCUT2D eigenvalue weighted by molar-refractivity contribution is 6.04. The average Bonchev–Trinajstić information content (AvgIpc) is 3.01.